The van der Waals surface area contributed by atoms with Gasteiger partial charge in [0.05, 0.1) is 5.75 Å². The van der Waals surface area contributed by atoms with E-state index in [0.717, 1.165) is 24.8 Å². The van der Waals surface area contributed by atoms with Crippen LogP contribution >= 0.6 is 0 Å². The lowest BCUT2D eigenvalue weighted by Gasteiger charge is -2.41. The van der Waals surface area contributed by atoms with Crippen LogP contribution in [0.3, 0.4) is 0 Å². The normalized spacial score (nSPS) is 23.4. The highest BCUT2D eigenvalue weighted by Crippen LogP contribution is 2.35. The maximum absolute atomic E-state index is 15.4. The summed E-state index contributed by atoms with van der Waals surface area (Å²) in [7, 11) is -3.57. The second-order valence-corrected chi connectivity index (χ2v) is 15.6. The number of imide groups is 1. The van der Waals surface area contributed by atoms with Crippen LogP contribution in [0, 0.1) is 0 Å². The first-order chi connectivity index (χ1) is 22.7. The van der Waals surface area contributed by atoms with Crippen LogP contribution in [-0.4, -0.2) is 78.8 Å². The van der Waals surface area contributed by atoms with E-state index in [0.29, 0.717) is 35.5 Å². The fourth-order valence-corrected chi connectivity index (χ4v) is 9.26. The monoisotopic (exact) mass is 683 g/mol. The fraction of sp³-hybridized carbons (Fsp3) is 0.543. The maximum atomic E-state index is 15.4. The Morgan fingerprint density at radius 3 is 2.54 bits per heavy atom. The van der Waals surface area contributed by atoms with Crippen molar-refractivity contribution in [3.8, 4) is 0 Å². The van der Waals surface area contributed by atoms with Gasteiger partial charge in [-0.1, -0.05) is 37.6 Å². The van der Waals surface area contributed by atoms with Crippen molar-refractivity contribution < 1.29 is 32.0 Å². The Bertz CT molecular complexity index is 1680. The number of piperidine rings is 3. The van der Waals surface area contributed by atoms with Gasteiger partial charge >= 0.3 is 6.03 Å². The van der Waals surface area contributed by atoms with Gasteiger partial charge in [0.1, 0.15) is 12.2 Å². The van der Waals surface area contributed by atoms with Crippen LogP contribution < -0.4 is 15.5 Å². The predicted molar refractivity (Wildman–Crippen MR) is 182 cm³/mol. The number of halogens is 1. The molecule has 3 unspecified atom stereocenters. The molecule has 0 spiro atoms. The lowest BCUT2D eigenvalue weighted by atomic mass is 9.87. The lowest BCUT2D eigenvalue weighted by Crippen LogP contribution is -2.54. The third-order valence-corrected chi connectivity index (χ3v) is 11.8. The third-order valence-electron chi connectivity index (χ3n) is 9.79. The Labute approximate surface area is 282 Å². The zero-order valence-corrected chi connectivity index (χ0v) is 28.9. The zero-order chi connectivity index (χ0) is 34.8. The largest absolute Gasteiger partial charge is 0.324 e. The first kappa shape index (κ1) is 35.5. The van der Waals surface area contributed by atoms with E-state index < -0.39 is 45.6 Å². The summed E-state index contributed by atoms with van der Waals surface area (Å²) in [6.45, 7) is 8.02. The predicted octanol–water partition coefficient (Wildman–Crippen LogP) is 4.86. The molecule has 3 atom stereocenters. The molecule has 3 fully saturated rings. The zero-order valence-electron chi connectivity index (χ0n) is 28.1. The molecule has 260 valence electrons. The van der Waals surface area contributed by atoms with E-state index in [-0.39, 0.29) is 49.9 Å². The van der Waals surface area contributed by atoms with E-state index in [1.54, 1.807) is 45.6 Å². The smallest absolute Gasteiger partial charge is 0.321 e. The van der Waals surface area contributed by atoms with Gasteiger partial charge in [-0.05, 0) is 80.8 Å². The number of aryl methyl sites for hydroxylation is 1. The molecule has 3 saturated heterocycles. The molecule has 48 heavy (non-hydrogen) atoms. The van der Waals surface area contributed by atoms with Crippen molar-refractivity contribution in [2.75, 3.05) is 29.9 Å². The number of rotatable bonds is 8. The minimum absolute atomic E-state index is 0.122. The molecule has 2 aromatic carbocycles. The van der Waals surface area contributed by atoms with E-state index >= 15 is 4.39 Å². The number of alkyl halides is 1. The number of hydrogen-bond donors (Lipinski definition) is 2. The highest BCUT2D eigenvalue weighted by molar-refractivity contribution is 7.88. The Hall–Kier alpha value is -3.84. The van der Waals surface area contributed by atoms with Crippen molar-refractivity contribution in [3.63, 3.8) is 0 Å². The van der Waals surface area contributed by atoms with Crippen molar-refractivity contribution in [2.45, 2.75) is 102 Å². The van der Waals surface area contributed by atoms with Gasteiger partial charge in [-0.15, -0.1) is 0 Å². The minimum atomic E-state index is -3.57. The first-order valence-corrected chi connectivity index (χ1v) is 18.4. The molecular formula is C35H46FN5O6S. The highest BCUT2D eigenvalue weighted by atomic mass is 32.2. The summed E-state index contributed by atoms with van der Waals surface area (Å²) in [6, 6.07) is 10.9. The van der Waals surface area contributed by atoms with Gasteiger partial charge in [-0.25, -0.2) is 17.6 Å². The second kappa shape index (κ2) is 14.3. The maximum Gasteiger partial charge on any atom is 0.321 e. The molecular weight excluding hydrogens is 637 g/mol. The van der Waals surface area contributed by atoms with E-state index in [9.17, 15) is 27.6 Å². The average molecular weight is 684 g/mol. The van der Waals surface area contributed by atoms with Gasteiger partial charge in [0.25, 0.3) is 0 Å². The summed E-state index contributed by atoms with van der Waals surface area (Å²) in [5.74, 6) is -2.02. The molecule has 2 aromatic rings. The molecule has 3 aliphatic rings. The highest BCUT2D eigenvalue weighted by Gasteiger charge is 2.39. The number of urea groups is 1. The molecule has 5 rings (SSSR count). The summed E-state index contributed by atoms with van der Waals surface area (Å²) in [5.41, 5.74) is 2.55. The number of hydrogen-bond acceptors (Lipinski definition) is 6. The number of amides is 5. The van der Waals surface area contributed by atoms with E-state index in [1.165, 1.54) is 11.8 Å². The summed E-state index contributed by atoms with van der Waals surface area (Å²) in [4.78, 5) is 53.5. The van der Waals surface area contributed by atoms with Crippen LogP contribution in [0.2, 0.25) is 0 Å². The molecule has 3 aliphatic heterocycles. The molecule has 0 radical (unpaired) electrons. The van der Waals surface area contributed by atoms with Crippen LogP contribution in [0.25, 0.3) is 0 Å². The van der Waals surface area contributed by atoms with Crippen molar-refractivity contribution >= 4 is 45.2 Å². The molecule has 11 nitrogen and oxygen atoms in total. The Morgan fingerprint density at radius 2 is 1.85 bits per heavy atom. The lowest BCUT2D eigenvalue weighted by molar-refractivity contribution is -0.135. The van der Waals surface area contributed by atoms with Gasteiger partial charge in [0, 0.05) is 55.8 Å². The summed E-state index contributed by atoms with van der Waals surface area (Å²) in [6.07, 6.45) is 2.43. The number of sulfonamides is 1. The SMILES string of the molecule is CCc1cc(C2CN(C(=O)Nc3cccc(CS(=O)(=O)N4CCCCC4(C)C)c3)CCC2F)ccc1N(C(C)=O)C1CCC(=O)NC1=O. The van der Waals surface area contributed by atoms with Crippen LogP contribution in [0.5, 0.6) is 0 Å². The molecule has 2 N–H and O–H groups in total. The molecule has 3 heterocycles. The van der Waals surface area contributed by atoms with E-state index in [2.05, 4.69) is 10.6 Å². The number of likely N-dealkylation sites (tertiary alicyclic amines) is 1. The molecule has 0 aromatic heterocycles. The topological polar surface area (TPSA) is 136 Å². The van der Waals surface area contributed by atoms with Gasteiger partial charge in [-0.3, -0.25) is 24.6 Å². The fourth-order valence-electron chi connectivity index (χ4n) is 7.25. The number of carbonyl (C=O) groups excluding carboxylic acids is 4. The molecule has 0 bridgehead atoms. The number of benzene rings is 2. The van der Waals surface area contributed by atoms with Crippen LogP contribution in [0.4, 0.5) is 20.6 Å². The first-order valence-electron chi connectivity index (χ1n) is 16.8. The Kier molecular flexibility index (Phi) is 10.6. The minimum Gasteiger partial charge on any atom is -0.324 e. The standard InChI is InChI=1S/C35H46FN5O6S/c1-5-25-20-26(11-12-30(25)41(23(2)42)31-13-14-32(43)38-33(31)44)28-21-39(18-15-29(28)36)34(45)37-27-10-8-9-24(19-27)22-48(46,47)40-17-7-6-16-35(40,3)4/h8-12,19-20,28-29,31H,5-7,13-18,21-22H2,1-4H3,(H,37,45)(H,38,43,44). The van der Waals surface area contributed by atoms with Crippen molar-refractivity contribution in [3.05, 3.63) is 59.2 Å². The quantitative estimate of drug-likeness (QED) is 0.382. The molecule has 13 heteroatoms. The van der Waals surface area contributed by atoms with Crippen LogP contribution in [-0.2, 0) is 36.6 Å². The third kappa shape index (κ3) is 7.72. The molecule has 0 aliphatic carbocycles. The Morgan fingerprint density at radius 1 is 1.08 bits per heavy atom. The number of anilines is 2. The molecule has 5 amide bonds. The van der Waals surface area contributed by atoms with Gasteiger partial charge < -0.3 is 10.2 Å². The van der Waals surface area contributed by atoms with Crippen molar-refractivity contribution in [1.82, 2.24) is 14.5 Å². The van der Waals surface area contributed by atoms with Crippen LogP contribution in [0.1, 0.15) is 88.8 Å². The second-order valence-electron chi connectivity index (χ2n) is 13.7. The number of nitrogens with zero attached hydrogens (tertiary/aromatic N) is 3. The summed E-state index contributed by atoms with van der Waals surface area (Å²) in [5, 5.41) is 5.18. The molecule has 0 saturated carbocycles. The van der Waals surface area contributed by atoms with E-state index in [1.807, 2.05) is 26.8 Å². The van der Waals surface area contributed by atoms with Gasteiger partial charge in [0.15, 0.2) is 0 Å². The summed E-state index contributed by atoms with van der Waals surface area (Å²) >= 11 is 0. The number of nitrogens with one attached hydrogen (secondary N) is 2. The van der Waals surface area contributed by atoms with Crippen LogP contribution in [0.15, 0.2) is 42.5 Å². The average Bonchev–Trinajstić information content (AvgIpc) is 3.02. The van der Waals surface area contributed by atoms with Gasteiger partial charge in [0.2, 0.25) is 27.7 Å². The Balaban J connectivity index is 1.29. The van der Waals surface area contributed by atoms with Crippen molar-refractivity contribution in [2.24, 2.45) is 0 Å². The van der Waals surface area contributed by atoms with E-state index in [4.69, 9.17) is 0 Å². The summed E-state index contributed by atoms with van der Waals surface area (Å²) < 4.78 is 43.7. The number of carbonyl (C=O) groups is 4. The van der Waals surface area contributed by atoms with Gasteiger partial charge in [-0.2, -0.15) is 4.31 Å². The van der Waals surface area contributed by atoms with Crippen molar-refractivity contribution in [1.29, 1.82) is 0 Å².